The second-order valence-corrected chi connectivity index (χ2v) is 8.10. The molecule has 2 aromatic rings. The fourth-order valence-electron chi connectivity index (χ4n) is 4.86. The van der Waals surface area contributed by atoms with Crippen molar-refractivity contribution >= 4 is 16.8 Å². The first-order valence-electron chi connectivity index (χ1n) is 9.94. The molecule has 1 aliphatic rings. The molecule has 0 aliphatic carbocycles. The minimum atomic E-state index is -0.210. The maximum atomic E-state index is 13.6. The van der Waals surface area contributed by atoms with Gasteiger partial charge in [0.2, 0.25) is 0 Å². The van der Waals surface area contributed by atoms with Crippen molar-refractivity contribution in [2.45, 2.75) is 52.7 Å². The monoisotopic (exact) mass is 372 g/mol. The summed E-state index contributed by atoms with van der Waals surface area (Å²) in [5.74, 6) is 1.49. The SMILES string of the molecule is CCOC1CN(C(=O)c2cc3c(OC)cccc3[nH]2)C(C(C)C)(C(C)C)C1. The van der Waals surface area contributed by atoms with E-state index in [1.54, 1.807) is 7.11 Å². The number of carbonyl (C=O) groups excluding carboxylic acids is 1. The van der Waals surface area contributed by atoms with Gasteiger partial charge < -0.3 is 19.4 Å². The second-order valence-electron chi connectivity index (χ2n) is 8.10. The summed E-state index contributed by atoms with van der Waals surface area (Å²) in [5, 5.41) is 0.934. The zero-order valence-corrected chi connectivity index (χ0v) is 17.3. The number of likely N-dealkylation sites (tertiary alicyclic amines) is 1. The smallest absolute Gasteiger partial charge is 0.270 e. The Balaban J connectivity index is 2.02. The van der Waals surface area contributed by atoms with Gasteiger partial charge in [-0.2, -0.15) is 0 Å². The van der Waals surface area contributed by atoms with E-state index in [4.69, 9.17) is 9.47 Å². The number of fused-ring (bicyclic) bond motifs is 1. The fourth-order valence-corrected chi connectivity index (χ4v) is 4.86. The standard InChI is InChI=1S/C22H32N2O3/c1-7-27-16-12-22(14(2)3,15(4)5)24(13-16)21(25)19-11-17-18(23-19)9-8-10-20(17)26-6/h8-11,14-16,23H,7,12-13H2,1-6H3. The van der Waals surface area contributed by atoms with Crippen LogP contribution in [0.1, 0.15) is 51.5 Å². The Morgan fingerprint density at radius 1 is 1.30 bits per heavy atom. The molecule has 1 fully saturated rings. The van der Waals surface area contributed by atoms with Gasteiger partial charge in [-0.1, -0.05) is 33.8 Å². The van der Waals surface area contributed by atoms with Gasteiger partial charge in [0.1, 0.15) is 11.4 Å². The summed E-state index contributed by atoms with van der Waals surface area (Å²) in [7, 11) is 1.65. The van der Waals surface area contributed by atoms with Gasteiger partial charge in [-0.05, 0) is 43.4 Å². The van der Waals surface area contributed by atoms with Crippen LogP contribution < -0.4 is 4.74 Å². The molecule has 1 atom stereocenters. The number of nitrogens with one attached hydrogen (secondary N) is 1. The Kier molecular flexibility index (Phi) is 5.52. The summed E-state index contributed by atoms with van der Waals surface area (Å²) in [6.07, 6.45) is 0.966. The summed E-state index contributed by atoms with van der Waals surface area (Å²) in [6, 6.07) is 7.73. The molecular formula is C22H32N2O3. The van der Waals surface area contributed by atoms with Gasteiger partial charge in [0.15, 0.2) is 0 Å². The number of nitrogens with zero attached hydrogens (tertiary/aromatic N) is 1. The minimum Gasteiger partial charge on any atom is -0.496 e. The number of benzene rings is 1. The third-order valence-corrected chi connectivity index (χ3v) is 6.16. The lowest BCUT2D eigenvalue weighted by molar-refractivity contribution is 0.0289. The molecule has 2 heterocycles. The Labute approximate surface area is 162 Å². The molecular weight excluding hydrogens is 340 g/mol. The third-order valence-electron chi connectivity index (χ3n) is 6.16. The molecule has 27 heavy (non-hydrogen) atoms. The number of methoxy groups -OCH3 is 1. The van der Waals surface area contributed by atoms with Crippen molar-refractivity contribution in [2.75, 3.05) is 20.3 Å². The molecule has 5 heteroatoms. The highest BCUT2D eigenvalue weighted by Gasteiger charge is 2.52. The zero-order valence-electron chi connectivity index (χ0n) is 17.3. The summed E-state index contributed by atoms with van der Waals surface area (Å²) >= 11 is 0. The van der Waals surface area contributed by atoms with Crippen LogP contribution in [0.4, 0.5) is 0 Å². The molecule has 148 valence electrons. The first-order chi connectivity index (χ1) is 12.8. The lowest BCUT2D eigenvalue weighted by atomic mass is 9.74. The van der Waals surface area contributed by atoms with Gasteiger partial charge in [-0.15, -0.1) is 0 Å². The normalized spacial score (nSPS) is 19.4. The van der Waals surface area contributed by atoms with Gasteiger partial charge in [0.25, 0.3) is 5.91 Å². The third kappa shape index (κ3) is 3.22. The van der Waals surface area contributed by atoms with Crippen LogP contribution in [0.3, 0.4) is 0 Å². The fraction of sp³-hybridized carbons (Fsp3) is 0.591. The van der Waals surface area contributed by atoms with E-state index >= 15 is 0 Å². The summed E-state index contributed by atoms with van der Waals surface area (Å²) in [6.45, 7) is 12.2. The maximum Gasteiger partial charge on any atom is 0.270 e. The zero-order chi connectivity index (χ0) is 19.8. The number of carbonyl (C=O) groups is 1. The highest BCUT2D eigenvalue weighted by Crippen LogP contribution is 2.44. The average molecular weight is 373 g/mol. The molecule has 1 unspecified atom stereocenters. The largest absolute Gasteiger partial charge is 0.496 e. The molecule has 3 rings (SSSR count). The number of aromatic nitrogens is 1. The van der Waals surface area contributed by atoms with E-state index in [1.807, 2.05) is 31.2 Å². The van der Waals surface area contributed by atoms with Gasteiger partial charge in [-0.25, -0.2) is 0 Å². The Bertz CT molecular complexity index is 801. The lowest BCUT2D eigenvalue weighted by Gasteiger charge is -2.45. The van der Waals surface area contributed by atoms with Crippen molar-refractivity contribution in [2.24, 2.45) is 11.8 Å². The van der Waals surface area contributed by atoms with E-state index in [9.17, 15) is 4.79 Å². The van der Waals surface area contributed by atoms with Crippen molar-refractivity contribution in [3.63, 3.8) is 0 Å². The van der Waals surface area contributed by atoms with Crippen LogP contribution in [0, 0.1) is 11.8 Å². The molecule has 1 aromatic heterocycles. The van der Waals surface area contributed by atoms with Crippen LogP contribution in [0.5, 0.6) is 5.75 Å². The quantitative estimate of drug-likeness (QED) is 0.813. The molecule has 0 spiro atoms. The Hall–Kier alpha value is -2.01. The van der Waals surface area contributed by atoms with E-state index in [0.717, 1.165) is 23.1 Å². The molecule has 0 saturated carbocycles. The van der Waals surface area contributed by atoms with Crippen LogP contribution in [0.2, 0.25) is 0 Å². The van der Waals surface area contributed by atoms with Crippen molar-refractivity contribution in [3.8, 4) is 5.75 Å². The van der Waals surface area contributed by atoms with Crippen molar-refractivity contribution in [3.05, 3.63) is 30.0 Å². The van der Waals surface area contributed by atoms with Crippen LogP contribution in [0.25, 0.3) is 10.9 Å². The number of hydrogen-bond donors (Lipinski definition) is 1. The number of aromatic amines is 1. The molecule has 1 aromatic carbocycles. The topological polar surface area (TPSA) is 54.6 Å². The summed E-state index contributed by atoms with van der Waals surface area (Å²) in [5.41, 5.74) is 1.31. The predicted molar refractivity (Wildman–Crippen MR) is 108 cm³/mol. The maximum absolute atomic E-state index is 13.6. The number of ether oxygens (including phenoxy) is 2. The lowest BCUT2D eigenvalue weighted by Crippen LogP contribution is -2.54. The van der Waals surface area contributed by atoms with Gasteiger partial charge in [0, 0.05) is 24.1 Å². The first-order valence-corrected chi connectivity index (χ1v) is 9.94. The highest BCUT2D eigenvalue weighted by atomic mass is 16.5. The van der Waals surface area contributed by atoms with Crippen LogP contribution in [-0.4, -0.2) is 47.7 Å². The minimum absolute atomic E-state index is 0.0397. The van der Waals surface area contributed by atoms with Crippen molar-refractivity contribution < 1.29 is 14.3 Å². The van der Waals surface area contributed by atoms with E-state index < -0.39 is 0 Å². The summed E-state index contributed by atoms with van der Waals surface area (Å²) in [4.78, 5) is 18.9. The predicted octanol–water partition coefficient (Wildman–Crippen LogP) is 4.48. The molecule has 5 nitrogen and oxygen atoms in total. The average Bonchev–Trinajstić information content (AvgIpc) is 3.23. The first kappa shape index (κ1) is 19.7. The molecule has 0 bridgehead atoms. The highest BCUT2D eigenvalue weighted by molar-refractivity contribution is 6.00. The molecule has 1 aliphatic heterocycles. The van der Waals surface area contributed by atoms with Crippen LogP contribution >= 0.6 is 0 Å². The van der Waals surface area contributed by atoms with Crippen molar-refractivity contribution in [1.29, 1.82) is 0 Å². The van der Waals surface area contributed by atoms with E-state index in [0.29, 0.717) is 30.7 Å². The van der Waals surface area contributed by atoms with Crippen molar-refractivity contribution in [1.82, 2.24) is 9.88 Å². The number of rotatable bonds is 6. The van der Waals surface area contributed by atoms with Gasteiger partial charge in [0.05, 0.1) is 18.8 Å². The number of amides is 1. The molecule has 1 amide bonds. The Morgan fingerprint density at radius 3 is 2.59 bits per heavy atom. The Morgan fingerprint density at radius 2 is 2.00 bits per heavy atom. The summed E-state index contributed by atoms with van der Waals surface area (Å²) < 4.78 is 11.4. The van der Waals surface area contributed by atoms with Crippen LogP contribution in [0.15, 0.2) is 24.3 Å². The number of H-pyrrole nitrogens is 1. The molecule has 1 saturated heterocycles. The second kappa shape index (κ2) is 7.55. The molecule has 0 radical (unpaired) electrons. The van der Waals surface area contributed by atoms with E-state index in [1.165, 1.54) is 0 Å². The van der Waals surface area contributed by atoms with Gasteiger partial charge >= 0.3 is 0 Å². The van der Waals surface area contributed by atoms with E-state index in [-0.39, 0.29) is 17.6 Å². The van der Waals surface area contributed by atoms with Gasteiger partial charge in [-0.3, -0.25) is 4.79 Å². The van der Waals surface area contributed by atoms with Crippen LogP contribution in [-0.2, 0) is 4.74 Å². The molecule has 1 N–H and O–H groups in total. The van der Waals surface area contributed by atoms with E-state index in [2.05, 4.69) is 37.6 Å². The number of hydrogen-bond acceptors (Lipinski definition) is 3.